The number of nitrogens with one attached hydrogen (secondary N) is 1. The molecule has 1 atom stereocenters. The van der Waals surface area contributed by atoms with Gasteiger partial charge in [0.2, 0.25) is 0 Å². The van der Waals surface area contributed by atoms with Crippen molar-refractivity contribution in [1.29, 1.82) is 0 Å². The van der Waals surface area contributed by atoms with E-state index in [1.54, 1.807) is 6.42 Å². The van der Waals surface area contributed by atoms with Crippen LogP contribution >= 0.6 is 0 Å². The Labute approximate surface area is 110 Å². The smallest absolute Gasteiger partial charge is 0.135 e. The van der Waals surface area contributed by atoms with E-state index in [1.807, 2.05) is 0 Å². The highest BCUT2D eigenvalue weighted by Crippen LogP contribution is 2.57. The van der Waals surface area contributed by atoms with E-state index in [2.05, 4.69) is 5.32 Å². The highest BCUT2D eigenvalue weighted by Gasteiger charge is 2.48. The fraction of sp³-hybridized carbons (Fsp3) is 0.938. The first kappa shape index (κ1) is 11.5. The summed E-state index contributed by atoms with van der Waals surface area (Å²) in [6, 6.07) is 0.508. The van der Waals surface area contributed by atoms with Crippen LogP contribution in [-0.2, 0) is 4.79 Å². The first-order valence-corrected chi connectivity index (χ1v) is 8.03. The molecule has 0 aromatic rings. The van der Waals surface area contributed by atoms with Crippen molar-refractivity contribution in [2.45, 2.75) is 57.4 Å². The van der Waals surface area contributed by atoms with Gasteiger partial charge in [-0.25, -0.2) is 0 Å². The Bertz CT molecular complexity index is 323. The van der Waals surface area contributed by atoms with Crippen LogP contribution in [0.3, 0.4) is 0 Å². The fourth-order valence-corrected chi connectivity index (χ4v) is 5.78. The largest absolute Gasteiger partial charge is 0.313 e. The van der Waals surface area contributed by atoms with Crippen LogP contribution in [0.5, 0.6) is 0 Å². The van der Waals surface area contributed by atoms with E-state index in [9.17, 15) is 4.79 Å². The summed E-state index contributed by atoms with van der Waals surface area (Å²) in [6.45, 7) is 0.927. The number of piperidine rings is 1. The zero-order valence-corrected chi connectivity index (χ0v) is 11.2. The van der Waals surface area contributed by atoms with Crippen molar-refractivity contribution in [3.8, 4) is 0 Å². The van der Waals surface area contributed by atoms with E-state index in [0.717, 1.165) is 49.0 Å². The zero-order valence-electron chi connectivity index (χ0n) is 11.2. The fourth-order valence-electron chi connectivity index (χ4n) is 5.78. The number of Topliss-reactive ketones (excluding diaryl/α,β-unsaturated/α-hetero) is 1. The second kappa shape index (κ2) is 4.33. The Morgan fingerprint density at radius 1 is 1.00 bits per heavy atom. The number of ketones is 1. The molecule has 5 fully saturated rings. The first-order valence-electron chi connectivity index (χ1n) is 8.03. The maximum atomic E-state index is 11.6. The lowest BCUT2D eigenvalue weighted by atomic mass is 9.51. The Morgan fingerprint density at radius 3 is 2.28 bits per heavy atom. The Kier molecular flexibility index (Phi) is 2.76. The normalized spacial score (nSPS) is 50.8. The zero-order chi connectivity index (χ0) is 12.1. The van der Waals surface area contributed by atoms with Crippen LogP contribution in [0.4, 0.5) is 0 Å². The molecule has 1 unspecified atom stereocenters. The molecule has 0 amide bonds. The highest BCUT2D eigenvalue weighted by atomic mass is 16.1. The lowest BCUT2D eigenvalue weighted by Crippen LogP contribution is -2.48. The van der Waals surface area contributed by atoms with Gasteiger partial charge in [0.15, 0.2) is 0 Å². The maximum absolute atomic E-state index is 11.6. The van der Waals surface area contributed by atoms with Crippen LogP contribution in [0.2, 0.25) is 0 Å². The molecule has 0 aromatic carbocycles. The summed E-state index contributed by atoms with van der Waals surface area (Å²) in [6.07, 6.45) is 10.5. The van der Waals surface area contributed by atoms with Gasteiger partial charge in [0.25, 0.3) is 0 Å². The van der Waals surface area contributed by atoms with Gasteiger partial charge in [-0.05, 0) is 68.1 Å². The van der Waals surface area contributed by atoms with Crippen LogP contribution in [-0.4, -0.2) is 18.4 Å². The summed E-state index contributed by atoms with van der Waals surface area (Å²) in [4.78, 5) is 11.6. The molecule has 18 heavy (non-hydrogen) atoms. The minimum absolute atomic E-state index is 0.488. The highest BCUT2D eigenvalue weighted by molar-refractivity contribution is 5.79. The number of carbonyl (C=O) groups is 1. The minimum Gasteiger partial charge on any atom is -0.313 e. The minimum atomic E-state index is 0.488. The summed E-state index contributed by atoms with van der Waals surface area (Å²) in [5.74, 6) is 5.61. The third-order valence-corrected chi connectivity index (χ3v) is 6.29. The SMILES string of the molecule is O=C1CCNC(CC2C3CC4CC(C3)CC2C4)C1. The molecule has 2 nitrogen and oxygen atoms in total. The van der Waals surface area contributed by atoms with Crippen LogP contribution in [0.1, 0.15) is 51.4 Å². The third kappa shape index (κ3) is 1.93. The van der Waals surface area contributed by atoms with Gasteiger partial charge in [0.1, 0.15) is 5.78 Å². The number of hydrogen-bond donors (Lipinski definition) is 1. The molecule has 1 N–H and O–H groups in total. The number of carbonyl (C=O) groups excluding carboxylic acids is 1. The summed E-state index contributed by atoms with van der Waals surface area (Å²) in [5.41, 5.74) is 0. The summed E-state index contributed by atoms with van der Waals surface area (Å²) < 4.78 is 0. The molecule has 2 heteroatoms. The van der Waals surface area contributed by atoms with Crippen molar-refractivity contribution in [1.82, 2.24) is 5.32 Å². The predicted molar refractivity (Wildman–Crippen MR) is 71.2 cm³/mol. The van der Waals surface area contributed by atoms with Crippen molar-refractivity contribution < 1.29 is 4.79 Å². The van der Waals surface area contributed by atoms with Crippen molar-refractivity contribution in [2.75, 3.05) is 6.54 Å². The Balaban J connectivity index is 1.44. The van der Waals surface area contributed by atoms with Gasteiger partial charge in [-0.1, -0.05) is 0 Å². The van der Waals surface area contributed by atoms with E-state index in [-0.39, 0.29) is 0 Å². The molecular weight excluding hydrogens is 222 g/mol. The standard InChI is InChI=1S/C16H25NO/c18-15-1-2-17-14(8-15)9-16-12-4-10-3-11(6-12)7-13(16)5-10/h10-14,16-17H,1-9H2. The average Bonchev–Trinajstić information content (AvgIpc) is 2.33. The van der Waals surface area contributed by atoms with E-state index in [1.165, 1.54) is 32.1 Å². The van der Waals surface area contributed by atoms with Crippen LogP contribution in [0, 0.1) is 29.6 Å². The maximum Gasteiger partial charge on any atom is 0.135 e. The number of hydrogen-bond acceptors (Lipinski definition) is 2. The van der Waals surface area contributed by atoms with E-state index in [4.69, 9.17) is 0 Å². The van der Waals surface area contributed by atoms with Gasteiger partial charge in [-0.3, -0.25) is 4.79 Å². The number of rotatable bonds is 2. The van der Waals surface area contributed by atoms with Gasteiger partial charge in [0, 0.05) is 25.4 Å². The second-order valence-electron chi connectivity index (χ2n) is 7.47. The molecule has 0 radical (unpaired) electrons. The molecule has 4 aliphatic carbocycles. The molecule has 4 saturated carbocycles. The Hall–Kier alpha value is -0.370. The van der Waals surface area contributed by atoms with Gasteiger partial charge in [0.05, 0.1) is 0 Å². The van der Waals surface area contributed by atoms with Crippen molar-refractivity contribution >= 4 is 5.78 Å². The molecule has 1 saturated heterocycles. The molecule has 0 spiro atoms. The van der Waals surface area contributed by atoms with Gasteiger partial charge in [-0.2, -0.15) is 0 Å². The van der Waals surface area contributed by atoms with E-state index >= 15 is 0 Å². The molecule has 1 aliphatic heterocycles. The van der Waals surface area contributed by atoms with Crippen molar-refractivity contribution in [3.05, 3.63) is 0 Å². The molecule has 5 aliphatic rings. The molecular formula is C16H25NO. The molecule has 4 bridgehead atoms. The quantitative estimate of drug-likeness (QED) is 0.813. The lowest BCUT2D eigenvalue weighted by molar-refractivity contribution is -0.121. The molecule has 1 heterocycles. The predicted octanol–water partition coefficient (Wildman–Crippen LogP) is 2.77. The van der Waals surface area contributed by atoms with Crippen molar-refractivity contribution in [2.24, 2.45) is 29.6 Å². The summed E-state index contributed by atoms with van der Waals surface area (Å²) in [5, 5.41) is 3.59. The monoisotopic (exact) mass is 247 g/mol. The average molecular weight is 247 g/mol. The third-order valence-electron chi connectivity index (χ3n) is 6.29. The van der Waals surface area contributed by atoms with E-state index < -0.39 is 0 Å². The Morgan fingerprint density at radius 2 is 1.67 bits per heavy atom. The lowest BCUT2D eigenvalue weighted by Gasteiger charge is -2.55. The second-order valence-corrected chi connectivity index (χ2v) is 7.47. The topological polar surface area (TPSA) is 29.1 Å². The van der Waals surface area contributed by atoms with Crippen LogP contribution in [0.15, 0.2) is 0 Å². The molecule has 0 aromatic heterocycles. The summed E-state index contributed by atoms with van der Waals surface area (Å²) >= 11 is 0. The van der Waals surface area contributed by atoms with Gasteiger partial charge in [-0.15, -0.1) is 0 Å². The van der Waals surface area contributed by atoms with Gasteiger partial charge < -0.3 is 5.32 Å². The van der Waals surface area contributed by atoms with E-state index in [0.29, 0.717) is 11.8 Å². The first-order chi connectivity index (χ1) is 8.78. The van der Waals surface area contributed by atoms with Crippen molar-refractivity contribution in [3.63, 3.8) is 0 Å². The van der Waals surface area contributed by atoms with Gasteiger partial charge >= 0.3 is 0 Å². The summed E-state index contributed by atoms with van der Waals surface area (Å²) in [7, 11) is 0. The van der Waals surface area contributed by atoms with Crippen LogP contribution in [0.25, 0.3) is 0 Å². The molecule has 100 valence electrons. The molecule has 5 rings (SSSR count). The van der Waals surface area contributed by atoms with Crippen LogP contribution < -0.4 is 5.32 Å².